The highest BCUT2D eigenvalue weighted by molar-refractivity contribution is 5.99. The van der Waals surface area contributed by atoms with Crippen molar-refractivity contribution in [3.8, 4) is 11.5 Å². The normalized spacial score (nSPS) is 15.4. The second-order valence-corrected chi connectivity index (χ2v) is 8.30. The maximum Gasteiger partial charge on any atom is 0.290 e. The van der Waals surface area contributed by atoms with Gasteiger partial charge in [-0.2, -0.15) is 0 Å². The molecule has 7 heteroatoms. The number of carbonyl (C=O) groups is 1. The number of rotatable bonds is 9. The van der Waals surface area contributed by atoms with Crippen LogP contribution >= 0.6 is 0 Å². The number of amides is 1. The van der Waals surface area contributed by atoms with E-state index in [9.17, 15) is 9.59 Å². The molecular formula is C26H30N2O5. The van der Waals surface area contributed by atoms with Gasteiger partial charge in [0.1, 0.15) is 5.58 Å². The van der Waals surface area contributed by atoms with Gasteiger partial charge in [0.25, 0.3) is 5.91 Å². The molecule has 0 radical (unpaired) electrons. The van der Waals surface area contributed by atoms with Gasteiger partial charge in [0.2, 0.25) is 5.76 Å². The third kappa shape index (κ3) is 4.33. The van der Waals surface area contributed by atoms with Gasteiger partial charge in [0, 0.05) is 6.54 Å². The van der Waals surface area contributed by atoms with E-state index in [0.29, 0.717) is 47.8 Å². The van der Waals surface area contributed by atoms with Gasteiger partial charge in [0.15, 0.2) is 16.9 Å². The van der Waals surface area contributed by atoms with Crippen molar-refractivity contribution in [2.24, 2.45) is 0 Å². The number of para-hydroxylation sites is 1. The third-order valence-corrected chi connectivity index (χ3v) is 5.76. The molecule has 1 aliphatic heterocycles. The van der Waals surface area contributed by atoms with Gasteiger partial charge in [-0.3, -0.25) is 9.59 Å². The van der Waals surface area contributed by atoms with Crippen LogP contribution in [-0.2, 0) is 0 Å². The first-order chi connectivity index (χ1) is 16.0. The Bertz CT molecular complexity index is 1220. The Morgan fingerprint density at radius 1 is 1.00 bits per heavy atom. The number of fused-ring (bicyclic) bond motifs is 2. The largest absolute Gasteiger partial charge is 0.490 e. The highest BCUT2D eigenvalue weighted by Crippen LogP contribution is 2.41. The zero-order valence-corrected chi connectivity index (χ0v) is 19.6. The Morgan fingerprint density at radius 3 is 2.45 bits per heavy atom. The van der Waals surface area contributed by atoms with Crippen LogP contribution in [0.1, 0.15) is 48.0 Å². The highest BCUT2D eigenvalue weighted by atomic mass is 16.5. The molecule has 1 amide bonds. The zero-order chi connectivity index (χ0) is 23.5. The first-order valence-electron chi connectivity index (χ1n) is 11.4. The van der Waals surface area contributed by atoms with Crippen molar-refractivity contribution in [2.45, 2.75) is 26.3 Å². The summed E-state index contributed by atoms with van der Waals surface area (Å²) in [6.45, 7) is 6.13. The van der Waals surface area contributed by atoms with E-state index < -0.39 is 6.04 Å². The summed E-state index contributed by atoms with van der Waals surface area (Å²) in [7, 11) is 3.99. The average molecular weight is 451 g/mol. The van der Waals surface area contributed by atoms with Crippen molar-refractivity contribution in [1.82, 2.24) is 9.80 Å². The van der Waals surface area contributed by atoms with Crippen LogP contribution in [0.4, 0.5) is 0 Å². The van der Waals surface area contributed by atoms with Crippen LogP contribution in [0.3, 0.4) is 0 Å². The molecule has 0 spiro atoms. The lowest BCUT2D eigenvalue weighted by Crippen LogP contribution is -2.32. The van der Waals surface area contributed by atoms with E-state index in [1.165, 1.54) is 0 Å². The van der Waals surface area contributed by atoms with Crippen molar-refractivity contribution in [3.05, 3.63) is 69.6 Å². The van der Waals surface area contributed by atoms with Gasteiger partial charge in [-0.05, 0) is 70.7 Å². The van der Waals surface area contributed by atoms with Crippen molar-refractivity contribution >= 4 is 16.9 Å². The predicted molar refractivity (Wildman–Crippen MR) is 127 cm³/mol. The molecule has 3 aromatic rings. The first kappa shape index (κ1) is 22.9. The molecule has 1 aromatic heterocycles. The van der Waals surface area contributed by atoms with Crippen molar-refractivity contribution in [2.75, 3.05) is 40.4 Å². The molecule has 0 bridgehead atoms. The van der Waals surface area contributed by atoms with E-state index in [1.54, 1.807) is 29.2 Å². The Hall–Kier alpha value is -3.32. The molecule has 4 rings (SSSR count). The number of carbonyl (C=O) groups excluding carboxylic acids is 1. The standard InChI is InChI=1S/C26H30N2O5/c1-5-31-20-13-12-17(16-21(20)32-6-2)23-22-24(29)18-10-7-8-11-19(18)33-25(22)26(30)28(23)15-9-14-27(3)4/h7-8,10-13,16,23H,5-6,9,14-15H2,1-4H3/t23-/m1/s1. The average Bonchev–Trinajstić information content (AvgIpc) is 3.07. The Labute approximate surface area is 193 Å². The van der Waals surface area contributed by atoms with Crippen LogP contribution in [0.5, 0.6) is 11.5 Å². The molecule has 0 fully saturated rings. The first-order valence-corrected chi connectivity index (χ1v) is 11.4. The highest BCUT2D eigenvalue weighted by Gasteiger charge is 2.42. The van der Waals surface area contributed by atoms with E-state index >= 15 is 0 Å². The van der Waals surface area contributed by atoms with Crippen LogP contribution < -0.4 is 14.9 Å². The van der Waals surface area contributed by atoms with Gasteiger partial charge in [-0.1, -0.05) is 18.2 Å². The van der Waals surface area contributed by atoms with Crippen molar-refractivity contribution in [1.29, 1.82) is 0 Å². The summed E-state index contributed by atoms with van der Waals surface area (Å²) in [5, 5.41) is 0.472. The molecule has 1 atom stereocenters. The van der Waals surface area contributed by atoms with Crippen molar-refractivity contribution in [3.63, 3.8) is 0 Å². The Morgan fingerprint density at radius 2 is 1.73 bits per heavy atom. The number of hydrogen-bond acceptors (Lipinski definition) is 6. The van der Waals surface area contributed by atoms with Gasteiger partial charge in [-0.15, -0.1) is 0 Å². The maximum absolute atomic E-state index is 13.6. The van der Waals surface area contributed by atoms with E-state index in [2.05, 4.69) is 4.90 Å². The van der Waals surface area contributed by atoms with E-state index in [1.807, 2.05) is 46.1 Å². The molecule has 7 nitrogen and oxygen atoms in total. The molecule has 0 unspecified atom stereocenters. The molecule has 0 saturated heterocycles. The lowest BCUT2D eigenvalue weighted by Gasteiger charge is -2.26. The van der Waals surface area contributed by atoms with Gasteiger partial charge >= 0.3 is 0 Å². The van der Waals surface area contributed by atoms with Gasteiger partial charge in [-0.25, -0.2) is 0 Å². The summed E-state index contributed by atoms with van der Waals surface area (Å²) in [6.07, 6.45) is 0.770. The van der Waals surface area contributed by atoms with Crippen LogP contribution in [0, 0.1) is 0 Å². The van der Waals surface area contributed by atoms with E-state index in [-0.39, 0.29) is 17.1 Å². The molecule has 1 aliphatic rings. The van der Waals surface area contributed by atoms with Crippen LogP contribution in [-0.4, -0.2) is 56.1 Å². The third-order valence-electron chi connectivity index (χ3n) is 5.76. The summed E-state index contributed by atoms with van der Waals surface area (Å²) < 4.78 is 17.5. The minimum atomic E-state index is -0.551. The Kier molecular flexibility index (Phi) is 6.70. The smallest absolute Gasteiger partial charge is 0.290 e. The van der Waals surface area contributed by atoms with Crippen LogP contribution in [0.15, 0.2) is 51.7 Å². The topological polar surface area (TPSA) is 72.2 Å². The summed E-state index contributed by atoms with van der Waals surface area (Å²) in [5.41, 5.74) is 1.42. The molecule has 0 aliphatic carbocycles. The fraction of sp³-hybridized carbons (Fsp3) is 0.385. The molecule has 33 heavy (non-hydrogen) atoms. The van der Waals surface area contributed by atoms with Gasteiger partial charge < -0.3 is 23.7 Å². The molecule has 2 heterocycles. The van der Waals surface area contributed by atoms with Crippen LogP contribution in [0.25, 0.3) is 11.0 Å². The molecular weight excluding hydrogens is 420 g/mol. The fourth-order valence-corrected chi connectivity index (χ4v) is 4.34. The number of nitrogens with zero attached hydrogens (tertiary/aromatic N) is 2. The lowest BCUT2D eigenvalue weighted by atomic mass is 9.98. The SMILES string of the molecule is CCOc1ccc([C@@H]2c3c(oc4ccccc4c3=O)C(=O)N2CCCN(C)C)cc1OCC. The summed E-state index contributed by atoms with van der Waals surface area (Å²) >= 11 is 0. The summed E-state index contributed by atoms with van der Waals surface area (Å²) in [4.78, 5) is 30.8. The maximum atomic E-state index is 13.6. The monoisotopic (exact) mass is 450 g/mol. The van der Waals surface area contributed by atoms with Gasteiger partial charge in [0.05, 0.1) is 30.2 Å². The molecule has 0 saturated carbocycles. The Balaban J connectivity index is 1.86. The van der Waals surface area contributed by atoms with E-state index in [0.717, 1.165) is 18.5 Å². The second-order valence-electron chi connectivity index (χ2n) is 8.30. The minimum Gasteiger partial charge on any atom is -0.490 e. The quantitative estimate of drug-likeness (QED) is 0.489. The minimum absolute atomic E-state index is 0.125. The second kappa shape index (κ2) is 9.67. The van der Waals surface area contributed by atoms with Crippen molar-refractivity contribution < 1.29 is 18.7 Å². The van der Waals surface area contributed by atoms with Crippen LogP contribution in [0.2, 0.25) is 0 Å². The number of hydrogen-bond donors (Lipinski definition) is 0. The zero-order valence-electron chi connectivity index (χ0n) is 19.6. The predicted octanol–water partition coefficient (Wildman–Crippen LogP) is 4.09. The summed E-state index contributed by atoms with van der Waals surface area (Å²) in [6, 6.07) is 12.1. The molecule has 2 aromatic carbocycles. The lowest BCUT2D eigenvalue weighted by molar-refractivity contribution is 0.0722. The molecule has 174 valence electrons. The number of benzene rings is 2. The summed E-state index contributed by atoms with van der Waals surface area (Å²) in [5.74, 6) is 1.09. The fourth-order valence-electron chi connectivity index (χ4n) is 4.34. The molecule has 0 N–H and O–H groups in total. The van der Waals surface area contributed by atoms with E-state index in [4.69, 9.17) is 13.9 Å². The number of ether oxygens (including phenoxy) is 2.